The number of pyridine rings is 1. The van der Waals surface area contributed by atoms with Crippen LogP contribution in [0.5, 0.6) is 0 Å². The van der Waals surface area contributed by atoms with Gasteiger partial charge in [-0.3, -0.25) is 9.59 Å². The van der Waals surface area contributed by atoms with E-state index < -0.39 is 63.0 Å². The van der Waals surface area contributed by atoms with Gasteiger partial charge >= 0.3 is 18.3 Å². The molecule has 1 aromatic heterocycles. The van der Waals surface area contributed by atoms with Crippen LogP contribution >= 0.6 is 11.6 Å². The standard InChI is InChI=1S/C51H78ClF2N9O10S/c1-48(2,3)71-45(66)55-22-11-25-60(26-12-23-56-46(67)72-49(4,5)6)24-10-13-43(64)57-37-16-14-35(15-17-37)51(53,54)36-31-41(52)59-42(32-36)61-27-29-62(30-28-61)74(69,70)40-20-18-39(19-21-40)63-34-38(33-44(63)65)58-47(68)73-50(7,8)9/h18-21,31-32,35,37-38H,10-17,22-30,33-34H2,1-9H3,(H,55,66)(H,56,67)(H,57,64)(H,58,68). The third-order valence-corrected chi connectivity index (χ3v) is 14.6. The molecule has 23 heteroatoms. The molecule has 3 aliphatic rings. The molecule has 0 spiro atoms. The van der Waals surface area contributed by atoms with Crippen molar-refractivity contribution in [3.05, 3.63) is 47.1 Å². The molecular weight excluding hydrogens is 1000 g/mol. The smallest absolute Gasteiger partial charge is 0.407 e. The summed E-state index contributed by atoms with van der Waals surface area (Å²) in [5.74, 6) is -4.42. The van der Waals surface area contributed by atoms with Crippen molar-refractivity contribution < 1.29 is 55.4 Å². The first-order valence-corrected chi connectivity index (χ1v) is 27.5. The minimum absolute atomic E-state index is 0.0301. The molecule has 4 N–H and O–H groups in total. The molecule has 19 nitrogen and oxygen atoms in total. The van der Waals surface area contributed by atoms with Crippen molar-refractivity contribution in [2.24, 2.45) is 5.92 Å². The van der Waals surface area contributed by atoms with Gasteiger partial charge in [-0.15, -0.1) is 0 Å². The van der Waals surface area contributed by atoms with Crippen LogP contribution in [0.4, 0.5) is 34.7 Å². The average Bonchev–Trinajstić information content (AvgIpc) is 3.66. The van der Waals surface area contributed by atoms with E-state index in [1.165, 1.54) is 33.5 Å². The number of hydrogen-bond acceptors (Lipinski definition) is 13. The monoisotopic (exact) mass is 1080 g/mol. The van der Waals surface area contributed by atoms with Crippen LogP contribution in [-0.4, -0.2) is 147 Å². The van der Waals surface area contributed by atoms with E-state index in [-0.39, 0.29) is 97.7 Å². The summed E-state index contributed by atoms with van der Waals surface area (Å²) >= 11 is 6.37. The lowest BCUT2D eigenvalue weighted by Crippen LogP contribution is -2.49. The van der Waals surface area contributed by atoms with Gasteiger partial charge in [-0.05, 0) is 163 Å². The van der Waals surface area contributed by atoms with Gasteiger partial charge in [0.1, 0.15) is 27.8 Å². The maximum absolute atomic E-state index is 16.3. The molecule has 2 aliphatic heterocycles. The first-order valence-electron chi connectivity index (χ1n) is 25.6. The zero-order valence-electron chi connectivity index (χ0n) is 44.5. The summed E-state index contributed by atoms with van der Waals surface area (Å²) in [6.45, 7) is 19.3. The van der Waals surface area contributed by atoms with Gasteiger partial charge in [-0.1, -0.05) is 11.6 Å². The highest BCUT2D eigenvalue weighted by Gasteiger charge is 2.44. The summed E-state index contributed by atoms with van der Waals surface area (Å²) in [5, 5.41) is 11.2. The van der Waals surface area contributed by atoms with E-state index in [0.717, 1.165) is 0 Å². The van der Waals surface area contributed by atoms with E-state index in [1.807, 2.05) is 0 Å². The van der Waals surface area contributed by atoms with Crippen molar-refractivity contribution in [1.29, 1.82) is 0 Å². The van der Waals surface area contributed by atoms with Crippen LogP contribution in [0.15, 0.2) is 41.3 Å². The van der Waals surface area contributed by atoms with E-state index in [9.17, 15) is 32.4 Å². The molecule has 414 valence electrons. The maximum atomic E-state index is 16.3. The zero-order chi connectivity index (χ0) is 54.6. The van der Waals surface area contributed by atoms with E-state index in [4.69, 9.17) is 25.8 Å². The second kappa shape index (κ2) is 25.7. The molecule has 1 unspecified atom stereocenters. The van der Waals surface area contributed by atoms with E-state index in [1.54, 1.807) is 79.3 Å². The number of aromatic nitrogens is 1. The summed E-state index contributed by atoms with van der Waals surface area (Å²) in [6.07, 6.45) is 1.62. The predicted octanol–water partition coefficient (Wildman–Crippen LogP) is 7.55. The predicted molar refractivity (Wildman–Crippen MR) is 278 cm³/mol. The topological polar surface area (TPSA) is 221 Å². The van der Waals surface area contributed by atoms with Crippen LogP contribution in [0.2, 0.25) is 5.15 Å². The Hall–Kier alpha value is -5.06. The van der Waals surface area contributed by atoms with E-state index in [0.29, 0.717) is 70.5 Å². The molecule has 1 saturated carbocycles. The minimum atomic E-state index is -3.95. The van der Waals surface area contributed by atoms with Gasteiger partial charge in [0.2, 0.25) is 21.8 Å². The summed E-state index contributed by atoms with van der Waals surface area (Å²) < 4.78 is 77.4. The van der Waals surface area contributed by atoms with Crippen molar-refractivity contribution in [3.8, 4) is 0 Å². The van der Waals surface area contributed by atoms with Gasteiger partial charge in [0.25, 0.3) is 5.92 Å². The number of alkyl carbamates (subject to hydrolysis) is 3. The highest BCUT2D eigenvalue weighted by Crippen LogP contribution is 2.45. The molecule has 0 bridgehead atoms. The van der Waals surface area contributed by atoms with Gasteiger partial charge in [-0.2, -0.15) is 4.31 Å². The average molecular weight is 1080 g/mol. The van der Waals surface area contributed by atoms with Gasteiger partial charge < -0.3 is 50.2 Å². The summed E-state index contributed by atoms with van der Waals surface area (Å²) in [6, 6.07) is 7.75. The van der Waals surface area contributed by atoms with Gasteiger partial charge in [0.15, 0.2) is 0 Å². The number of carbonyl (C=O) groups is 5. The van der Waals surface area contributed by atoms with Crippen LogP contribution in [0, 0.1) is 5.92 Å². The zero-order valence-corrected chi connectivity index (χ0v) is 46.1. The fourth-order valence-electron chi connectivity index (χ4n) is 9.02. The van der Waals surface area contributed by atoms with Crippen LogP contribution in [-0.2, 0) is 39.7 Å². The lowest BCUT2D eigenvalue weighted by atomic mass is 9.80. The molecule has 2 aromatic rings. The Morgan fingerprint density at radius 1 is 0.730 bits per heavy atom. The third-order valence-electron chi connectivity index (χ3n) is 12.5. The summed E-state index contributed by atoms with van der Waals surface area (Å²) in [5.41, 5.74) is -1.71. The second-order valence-corrected chi connectivity index (χ2v) is 24.5. The number of ether oxygens (including phenoxy) is 3. The highest BCUT2D eigenvalue weighted by atomic mass is 35.5. The number of alkyl halides is 2. The van der Waals surface area contributed by atoms with Gasteiger partial charge in [0.05, 0.1) is 10.9 Å². The summed E-state index contributed by atoms with van der Waals surface area (Å²) in [4.78, 5) is 72.2. The molecule has 3 heterocycles. The number of benzene rings is 1. The molecule has 3 fully saturated rings. The van der Waals surface area contributed by atoms with E-state index >= 15 is 8.78 Å². The number of rotatable bonds is 20. The van der Waals surface area contributed by atoms with Crippen LogP contribution in [0.25, 0.3) is 0 Å². The fraction of sp³-hybridized carbons (Fsp3) is 0.686. The molecular formula is C51H78ClF2N9O10S. The Bertz CT molecular complexity index is 2310. The SMILES string of the molecule is CC(C)(C)OC(=O)NCCCN(CCCNC(=O)OC(C)(C)C)CCCC(=O)NC1CCC(C(F)(F)c2cc(Cl)nc(N3CCN(S(=O)(=O)c4ccc(N5CC(NC(=O)OC(C)(C)C)CC5=O)cc4)CC3)c2)CC1. The van der Waals surface area contributed by atoms with Crippen molar-refractivity contribution >= 4 is 63.2 Å². The van der Waals surface area contributed by atoms with Crippen molar-refractivity contribution in [2.45, 2.75) is 160 Å². The first kappa shape index (κ1) is 59.8. The number of piperazine rings is 1. The van der Waals surface area contributed by atoms with Crippen molar-refractivity contribution in [2.75, 3.05) is 75.2 Å². The number of nitrogens with one attached hydrogen (secondary N) is 4. The highest BCUT2D eigenvalue weighted by molar-refractivity contribution is 7.89. The molecule has 1 aliphatic carbocycles. The second-order valence-electron chi connectivity index (χ2n) is 22.2. The number of sulfonamides is 1. The molecule has 1 aromatic carbocycles. The number of halogens is 3. The lowest BCUT2D eigenvalue weighted by Gasteiger charge is -2.36. The molecule has 5 rings (SSSR count). The molecule has 0 radical (unpaired) electrons. The van der Waals surface area contributed by atoms with Crippen molar-refractivity contribution in [1.82, 2.24) is 35.5 Å². The Kier molecular flexibility index (Phi) is 20.7. The third kappa shape index (κ3) is 18.9. The molecule has 5 amide bonds. The molecule has 1 atom stereocenters. The Balaban J connectivity index is 1.07. The normalized spacial score (nSPS) is 19.3. The summed E-state index contributed by atoms with van der Waals surface area (Å²) in [7, 11) is -3.95. The van der Waals surface area contributed by atoms with Crippen LogP contribution in [0.3, 0.4) is 0 Å². The molecule has 2 saturated heterocycles. The number of hydrogen-bond donors (Lipinski definition) is 4. The van der Waals surface area contributed by atoms with Crippen LogP contribution < -0.4 is 31.1 Å². The number of carbonyl (C=O) groups excluding carboxylic acids is 5. The van der Waals surface area contributed by atoms with Gasteiger partial charge in [0, 0.05) is 81.9 Å². The Morgan fingerprint density at radius 2 is 1.26 bits per heavy atom. The minimum Gasteiger partial charge on any atom is -0.444 e. The quantitative estimate of drug-likeness (QED) is 0.0572. The largest absolute Gasteiger partial charge is 0.444 e. The Morgan fingerprint density at radius 3 is 1.80 bits per heavy atom. The Labute approximate surface area is 440 Å². The van der Waals surface area contributed by atoms with Crippen LogP contribution in [0.1, 0.15) is 126 Å². The van der Waals surface area contributed by atoms with Crippen molar-refractivity contribution in [3.63, 3.8) is 0 Å². The lowest BCUT2D eigenvalue weighted by molar-refractivity contribution is -0.122. The van der Waals surface area contributed by atoms with E-state index in [2.05, 4.69) is 31.2 Å². The number of nitrogens with zero attached hydrogens (tertiary/aromatic N) is 5. The maximum Gasteiger partial charge on any atom is 0.407 e. The van der Waals surface area contributed by atoms with Gasteiger partial charge in [-0.25, -0.2) is 36.6 Å². The number of amides is 5. The molecule has 74 heavy (non-hydrogen) atoms. The number of anilines is 2. The fourth-order valence-corrected chi connectivity index (χ4v) is 10.6. The first-order chi connectivity index (χ1) is 34.5.